The molecule has 1 aliphatic heterocycles. The average Bonchev–Trinajstić information content (AvgIpc) is 2.44. The van der Waals surface area contributed by atoms with Crippen LogP contribution in [0.2, 0.25) is 0 Å². The van der Waals surface area contributed by atoms with E-state index >= 15 is 0 Å². The third-order valence-electron chi connectivity index (χ3n) is 2.97. The summed E-state index contributed by atoms with van der Waals surface area (Å²) in [5.41, 5.74) is 5.94. The summed E-state index contributed by atoms with van der Waals surface area (Å²) < 4.78 is 13.3. The van der Waals surface area contributed by atoms with E-state index in [1.165, 1.54) is 18.2 Å². The zero-order valence-corrected chi connectivity index (χ0v) is 11.7. The van der Waals surface area contributed by atoms with E-state index in [4.69, 9.17) is 5.73 Å². The SMILES string of the molecule is N#CC1=C(SCC(N)=O)NC(=O)CC1c1cccc(F)c1. The number of nitriles is 1. The van der Waals surface area contributed by atoms with Crippen LogP contribution in [0.3, 0.4) is 0 Å². The number of benzene rings is 1. The predicted octanol–water partition coefficient (Wildman–Crippen LogP) is 1.38. The molecule has 2 amide bonds. The van der Waals surface area contributed by atoms with Gasteiger partial charge in [-0.2, -0.15) is 5.26 Å². The minimum Gasteiger partial charge on any atom is -0.369 e. The van der Waals surface area contributed by atoms with Gasteiger partial charge in [-0.3, -0.25) is 9.59 Å². The largest absolute Gasteiger partial charge is 0.369 e. The number of nitrogens with two attached hydrogens (primary N) is 1. The number of primary amides is 1. The fraction of sp³-hybridized carbons (Fsp3) is 0.214. The number of thioether (sulfide) groups is 1. The van der Waals surface area contributed by atoms with Crippen molar-refractivity contribution in [1.82, 2.24) is 5.32 Å². The highest BCUT2D eigenvalue weighted by Gasteiger charge is 2.29. The fourth-order valence-electron chi connectivity index (χ4n) is 2.08. The molecule has 0 aromatic heterocycles. The predicted molar refractivity (Wildman–Crippen MR) is 76.2 cm³/mol. The Hall–Kier alpha value is -2.33. The maximum Gasteiger partial charge on any atom is 0.227 e. The first-order valence-corrected chi connectivity index (χ1v) is 7.10. The van der Waals surface area contributed by atoms with Crippen molar-refractivity contribution in [2.24, 2.45) is 5.73 Å². The van der Waals surface area contributed by atoms with Crippen molar-refractivity contribution in [3.8, 4) is 6.07 Å². The van der Waals surface area contributed by atoms with E-state index in [-0.39, 0.29) is 18.1 Å². The van der Waals surface area contributed by atoms with Crippen molar-refractivity contribution >= 4 is 23.6 Å². The van der Waals surface area contributed by atoms with Crippen LogP contribution in [0.1, 0.15) is 17.9 Å². The van der Waals surface area contributed by atoms with Crippen molar-refractivity contribution < 1.29 is 14.0 Å². The first-order valence-electron chi connectivity index (χ1n) is 6.12. The summed E-state index contributed by atoms with van der Waals surface area (Å²) in [6, 6.07) is 7.83. The van der Waals surface area contributed by atoms with Gasteiger partial charge in [-0.25, -0.2) is 4.39 Å². The molecule has 1 heterocycles. The van der Waals surface area contributed by atoms with Crippen molar-refractivity contribution in [2.75, 3.05) is 5.75 Å². The molecule has 2 rings (SSSR count). The van der Waals surface area contributed by atoms with Gasteiger partial charge >= 0.3 is 0 Å². The molecule has 0 fully saturated rings. The normalized spacial score (nSPS) is 18.1. The van der Waals surface area contributed by atoms with E-state index in [0.717, 1.165) is 11.8 Å². The molecule has 5 nitrogen and oxygen atoms in total. The van der Waals surface area contributed by atoms with E-state index < -0.39 is 17.6 Å². The summed E-state index contributed by atoms with van der Waals surface area (Å²) in [6.45, 7) is 0. The second-order valence-electron chi connectivity index (χ2n) is 4.47. The summed E-state index contributed by atoms with van der Waals surface area (Å²) in [5.74, 6) is -1.82. The molecule has 3 N–H and O–H groups in total. The molecule has 1 atom stereocenters. The van der Waals surface area contributed by atoms with Crippen molar-refractivity contribution in [3.05, 3.63) is 46.2 Å². The Labute approximate surface area is 125 Å². The summed E-state index contributed by atoms with van der Waals surface area (Å²) in [6.07, 6.45) is 0.0625. The molecule has 21 heavy (non-hydrogen) atoms. The second kappa shape index (κ2) is 6.41. The highest BCUT2D eigenvalue weighted by Crippen LogP contribution is 2.35. The van der Waals surface area contributed by atoms with Crippen LogP contribution in [0, 0.1) is 17.1 Å². The van der Waals surface area contributed by atoms with E-state index in [9.17, 15) is 19.2 Å². The molecule has 108 valence electrons. The Morgan fingerprint density at radius 1 is 1.57 bits per heavy atom. The lowest BCUT2D eigenvalue weighted by atomic mass is 9.87. The number of carbonyl (C=O) groups excluding carboxylic acids is 2. The molecule has 0 saturated heterocycles. The van der Waals surface area contributed by atoms with Crippen LogP contribution in [0.25, 0.3) is 0 Å². The average molecular weight is 305 g/mol. The lowest BCUT2D eigenvalue weighted by molar-refractivity contribution is -0.121. The third-order valence-corrected chi connectivity index (χ3v) is 4.01. The minimum absolute atomic E-state index is 0.0450. The van der Waals surface area contributed by atoms with Gasteiger partial charge in [-0.05, 0) is 17.7 Å². The zero-order valence-electron chi connectivity index (χ0n) is 10.9. The molecule has 0 spiro atoms. The topological polar surface area (TPSA) is 96.0 Å². The highest BCUT2D eigenvalue weighted by molar-refractivity contribution is 8.03. The number of allylic oxidation sites excluding steroid dienone is 1. The van der Waals surface area contributed by atoms with Crippen LogP contribution in [-0.4, -0.2) is 17.6 Å². The molecule has 1 aromatic rings. The van der Waals surface area contributed by atoms with Gasteiger partial charge in [0.1, 0.15) is 5.82 Å². The number of hydrogen-bond acceptors (Lipinski definition) is 4. The quantitative estimate of drug-likeness (QED) is 0.878. The van der Waals surface area contributed by atoms with Crippen LogP contribution >= 0.6 is 11.8 Å². The number of rotatable bonds is 4. The van der Waals surface area contributed by atoms with Crippen LogP contribution in [0.15, 0.2) is 34.9 Å². The van der Waals surface area contributed by atoms with Crippen molar-refractivity contribution in [3.63, 3.8) is 0 Å². The van der Waals surface area contributed by atoms with Crippen LogP contribution < -0.4 is 11.1 Å². The van der Waals surface area contributed by atoms with E-state index in [1.807, 2.05) is 6.07 Å². The summed E-state index contributed by atoms with van der Waals surface area (Å²) in [7, 11) is 0. The first kappa shape index (κ1) is 15.1. The molecule has 1 aromatic carbocycles. The Bertz CT molecular complexity index is 666. The lowest BCUT2D eigenvalue weighted by Crippen LogP contribution is -2.31. The molecule has 1 aliphatic rings. The maximum atomic E-state index is 13.3. The Morgan fingerprint density at radius 3 is 2.95 bits per heavy atom. The molecule has 1 unspecified atom stereocenters. The Balaban J connectivity index is 2.39. The summed E-state index contributed by atoms with van der Waals surface area (Å²) in [4.78, 5) is 22.6. The van der Waals surface area contributed by atoms with Crippen LogP contribution in [0.5, 0.6) is 0 Å². The summed E-state index contributed by atoms with van der Waals surface area (Å²) in [5, 5.41) is 12.2. The van der Waals surface area contributed by atoms with Gasteiger partial charge in [0.15, 0.2) is 0 Å². The molecule has 0 saturated carbocycles. The standard InChI is InChI=1S/C14H12FN3O2S/c15-9-3-1-2-8(4-9)10-5-13(20)18-14(11(10)6-16)21-7-12(17)19/h1-4,10H,5,7H2,(H2,17,19)(H,18,20). The number of hydrogen-bond donors (Lipinski definition) is 2. The number of nitrogens with zero attached hydrogens (tertiary/aromatic N) is 1. The maximum absolute atomic E-state index is 13.3. The zero-order chi connectivity index (χ0) is 15.4. The molecule has 0 bridgehead atoms. The van der Waals surface area contributed by atoms with Gasteiger partial charge in [-0.15, -0.1) is 0 Å². The highest BCUT2D eigenvalue weighted by atomic mass is 32.2. The molecule has 7 heteroatoms. The number of halogens is 1. The minimum atomic E-state index is -0.549. The van der Waals surface area contributed by atoms with E-state index in [0.29, 0.717) is 16.2 Å². The van der Waals surface area contributed by atoms with Crippen molar-refractivity contribution in [2.45, 2.75) is 12.3 Å². The lowest BCUT2D eigenvalue weighted by Gasteiger charge is -2.24. The third kappa shape index (κ3) is 3.61. The monoisotopic (exact) mass is 305 g/mol. The van der Waals surface area contributed by atoms with E-state index in [2.05, 4.69) is 5.32 Å². The Morgan fingerprint density at radius 2 is 2.33 bits per heavy atom. The van der Waals surface area contributed by atoms with Gasteiger partial charge < -0.3 is 11.1 Å². The number of carbonyl (C=O) groups is 2. The molecule has 0 aliphatic carbocycles. The smallest absolute Gasteiger partial charge is 0.227 e. The molecule has 0 radical (unpaired) electrons. The summed E-state index contributed by atoms with van der Waals surface area (Å²) >= 11 is 1.00. The van der Waals surface area contributed by atoms with Crippen molar-refractivity contribution in [1.29, 1.82) is 5.26 Å². The van der Waals surface area contributed by atoms with Gasteiger partial charge in [0, 0.05) is 12.3 Å². The van der Waals surface area contributed by atoms with Crippen LogP contribution in [0.4, 0.5) is 4.39 Å². The van der Waals surface area contributed by atoms with Gasteiger partial charge in [0.2, 0.25) is 11.8 Å². The fourth-order valence-corrected chi connectivity index (χ4v) is 2.90. The van der Waals surface area contributed by atoms with Gasteiger partial charge in [-0.1, -0.05) is 23.9 Å². The second-order valence-corrected chi connectivity index (χ2v) is 5.46. The molecular weight excluding hydrogens is 293 g/mol. The Kier molecular flexibility index (Phi) is 4.60. The first-order chi connectivity index (χ1) is 10.0. The van der Waals surface area contributed by atoms with Crippen LogP contribution in [-0.2, 0) is 9.59 Å². The van der Waals surface area contributed by atoms with Gasteiger partial charge in [0.05, 0.1) is 22.4 Å². The number of nitrogens with one attached hydrogen (secondary N) is 1. The number of amides is 2. The van der Waals surface area contributed by atoms with Gasteiger partial charge in [0.25, 0.3) is 0 Å². The molecular formula is C14H12FN3O2S. The van der Waals surface area contributed by atoms with E-state index in [1.54, 1.807) is 6.07 Å².